The lowest BCUT2D eigenvalue weighted by Gasteiger charge is -2.25. The van der Waals surface area contributed by atoms with Crippen LogP contribution in [-0.2, 0) is 6.42 Å². The van der Waals surface area contributed by atoms with Crippen molar-refractivity contribution in [3.8, 4) is 0 Å². The van der Waals surface area contributed by atoms with E-state index in [9.17, 15) is 0 Å². The van der Waals surface area contributed by atoms with E-state index in [0.29, 0.717) is 12.3 Å². The highest BCUT2D eigenvalue weighted by Crippen LogP contribution is 2.26. The predicted molar refractivity (Wildman–Crippen MR) is 80.4 cm³/mol. The maximum Gasteiger partial charge on any atom is 0.243 e. The third-order valence-corrected chi connectivity index (χ3v) is 4.53. The summed E-state index contributed by atoms with van der Waals surface area (Å²) in [6.45, 7) is 3.29. The molecule has 2 heterocycles. The molecular weight excluding hydrogens is 318 g/mol. The summed E-state index contributed by atoms with van der Waals surface area (Å²) in [6, 6.07) is 8.33. The van der Waals surface area contributed by atoms with Crippen LogP contribution in [-0.4, -0.2) is 16.7 Å². The number of benzene rings is 1. The third-order valence-electron chi connectivity index (χ3n) is 3.75. The molecule has 3 rings (SSSR count). The van der Waals surface area contributed by atoms with Gasteiger partial charge < -0.3 is 9.84 Å². The van der Waals surface area contributed by atoms with Crippen molar-refractivity contribution < 1.29 is 4.52 Å². The Kier molecular flexibility index (Phi) is 4.17. The summed E-state index contributed by atoms with van der Waals surface area (Å²) in [7, 11) is 0. The van der Waals surface area contributed by atoms with Crippen molar-refractivity contribution in [1.82, 2.24) is 15.5 Å². The monoisotopic (exact) mass is 335 g/mol. The van der Waals surface area contributed by atoms with Gasteiger partial charge in [0.15, 0.2) is 5.82 Å². The molecule has 106 valence electrons. The standard InChI is InChI=1S/C15H18BrN3O/c1-10-6-7-17-13(8-10)15-18-14(19-20-15)9-11-4-2-3-5-12(11)16/h2-5,10,13,17H,6-9H2,1H3. The lowest BCUT2D eigenvalue weighted by atomic mass is 9.94. The number of nitrogens with one attached hydrogen (secondary N) is 1. The Morgan fingerprint density at radius 3 is 3.05 bits per heavy atom. The fourth-order valence-electron chi connectivity index (χ4n) is 2.59. The van der Waals surface area contributed by atoms with E-state index < -0.39 is 0 Å². The Hall–Kier alpha value is -1.20. The quantitative estimate of drug-likeness (QED) is 0.932. The van der Waals surface area contributed by atoms with Crippen molar-refractivity contribution in [2.24, 2.45) is 5.92 Å². The van der Waals surface area contributed by atoms with Crippen molar-refractivity contribution in [3.63, 3.8) is 0 Å². The molecule has 0 radical (unpaired) electrons. The molecule has 2 aromatic rings. The van der Waals surface area contributed by atoms with Crippen molar-refractivity contribution in [3.05, 3.63) is 46.0 Å². The lowest BCUT2D eigenvalue weighted by molar-refractivity contribution is 0.259. The number of rotatable bonds is 3. The molecule has 4 nitrogen and oxygen atoms in total. The minimum atomic E-state index is 0.208. The van der Waals surface area contributed by atoms with E-state index >= 15 is 0 Å². The van der Waals surface area contributed by atoms with Gasteiger partial charge >= 0.3 is 0 Å². The van der Waals surface area contributed by atoms with E-state index in [1.54, 1.807) is 0 Å². The second-order valence-electron chi connectivity index (χ2n) is 5.45. The van der Waals surface area contributed by atoms with E-state index in [4.69, 9.17) is 4.52 Å². The van der Waals surface area contributed by atoms with Gasteiger partial charge in [0.05, 0.1) is 6.04 Å². The van der Waals surface area contributed by atoms with E-state index in [1.807, 2.05) is 18.2 Å². The predicted octanol–water partition coefficient (Wildman–Crippen LogP) is 3.48. The first-order valence-electron chi connectivity index (χ1n) is 7.01. The van der Waals surface area contributed by atoms with Crippen molar-refractivity contribution >= 4 is 15.9 Å². The molecule has 2 unspecified atom stereocenters. The Morgan fingerprint density at radius 1 is 1.40 bits per heavy atom. The van der Waals surface area contributed by atoms with Gasteiger partial charge in [0.1, 0.15) is 0 Å². The average Bonchev–Trinajstić information content (AvgIpc) is 2.90. The molecule has 0 saturated carbocycles. The lowest BCUT2D eigenvalue weighted by Crippen LogP contribution is -2.30. The fourth-order valence-corrected chi connectivity index (χ4v) is 3.01. The molecule has 1 aromatic heterocycles. The summed E-state index contributed by atoms with van der Waals surface area (Å²) in [5, 5.41) is 7.55. The van der Waals surface area contributed by atoms with Crippen molar-refractivity contribution in [1.29, 1.82) is 0 Å². The first-order chi connectivity index (χ1) is 9.72. The second-order valence-corrected chi connectivity index (χ2v) is 6.31. The summed E-state index contributed by atoms with van der Waals surface area (Å²) >= 11 is 3.55. The van der Waals surface area contributed by atoms with Gasteiger partial charge in [0, 0.05) is 10.9 Å². The van der Waals surface area contributed by atoms with Gasteiger partial charge in [-0.25, -0.2) is 0 Å². The number of hydrogen-bond donors (Lipinski definition) is 1. The molecule has 1 fully saturated rings. The van der Waals surface area contributed by atoms with Crippen molar-refractivity contribution in [2.45, 2.75) is 32.2 Å². The molecule has 0 bridgehead atoms. The molecule has 1 aliphatic rings. The Labute approximate surface area is 127 Å². The number of halogens is 1. The van der Waals surface area contributed by atoms with Gasteiger partial charge in [-0.3, -0.25) is 0 Å². The van der Waals surface area contributed by atoms with E-state index in [1.165, 1.54) is 12.0 Å². The van der Waals surface area contributed by atoms with Gasteiger partial charge in [0.2, 0.25) is 5.89 Å². The molecular formula is C15H18BrN3O. The SMILES string of the molecule is CC1CCNC(c2nc(Cc3ccccc3Br)no2)C1. The summed E-state index contributed by atoms with van der Waals surface area (Å²) < 4.78 is 6.51. The van der Waals surface area contributed by atoms with Crippen LogP contribution in [0.4, 0.5) is 0 Å². The van der Waals surface area contributed by atoms with Crippen LogP contribution in [0.3, 0.4) is 0 Å². The van der Waals surface area contributed by atoms with Crippen LogP contribution in [0.25, 0.3) is 0 Å². The smallest absolute Gasteiger partial charge is 0.243 e. The van der Waals surface area contributed by atoms with Gasteiger partial charge in [-0.05, 0) is 36.9 Å². The third kappa shape index (κ3) is 3.10. The highest BCUT2D eigenvalue weighted by Gasteiger charge is 2.24. The van der Waals surface area contributed by atoms with E-state index in [0.717, 1.165) is 29.2 Å². The highest BCUT2D eigenvalue weighted by molar-refractivity contribution is 9.10. The Bertz CT molecular complexity index is 584. The zero-order chi connectivity index (χ0) is 13.9. The summed E-state index contributed by atoms with van der Waals surface area (Å²) in [5.74, 6) is 2.17. The number of hydrogen-bond acceptors (Lipinski definition) is 4. The highest BCUT2D eigenvalue weighted by atomic mass is 79.9. The zero-order valence-corrected chi connectivity index (χ0v) is 13.1. The molecule has 1 saturated heterocycles. The number of nitrogens with zero attached hydrogens (tertiary/aromatic N) is 2. The molecule has 1 aromatic carbocycles. The largest absolute Gasteiger partial charge is 0.338 e. The summed E-state index contributed by atoms with van der Waals surface area (Å²) in [5.41, 5.74) is 1.17. The molecule has 0 spiro atoms. The Balaban J connectivity index is 1.72. The normalized spacial score (nSPS) is 22.9. The molecule has 1 N–H and O–H groups in total. The minimum absolute atomic E-state index is 0.208. The van der Waals surface area contributed by atoms with Crippen LogP contribution < -0.4 is 5.32 Å². The molecule has 5 heteroatoms. The number of aromatic nitrogens is 2. The molecule has 20 heavy (non-hydrogen) atoms. The van der Waals surface area contributed by atoms with E-state index in [2.05, 4.69) is 44.4 Å². The average molecular weight is 336 g/mol. The van der Waals surface area contributed by atoms with Gasteiger partial charge in [0.25, 0.3) is 0 Å². The van der Waals surface area contributed by atoms with Crippen LogP contribution in [0.1, 0.15) is 43.1 Å². The van der Waals surface area contributed by atoms with Crippen LogP contribution in [0.15, 0.2) is 33.3 Å². The summed E-state index contributed by atoms with van der Waals surface area (Å²) in [6.07, 6.45) is 2.97. The van der Waals surface area contributed by atoms with Crippen LogP contribution in [0, 0.1) is 5.92 Å². The van der Waals surface area contributed by atoms with Crippen LogP contribution >= 0.6 is 15.9 Å². The summed E-state index contributed by atoms with van der Waals surface area (Å²) in [4.78, 5) is 4.54. The molecule has 2 atom stereocenters. The topological polar surface area (TPSA) is 51.0 Å². The molecule has 0 aliphatic carbocycles. The van der Waals surface area contributed by atoms with Gasteiger partial charge in [-0.1, -0.05) is 46.2 Å². The maximum absolute atomic E-state index is 5.43. The first-order valence-corrected chi connectivity index (χ1v) is 7.81. The molecule has 0 amide bonds. The van der Waals surface area contributed by atoms with Crippen LogP contribution in [0.5, 0.6) is 0 Å². The fraction of sp³-hybridized carbons (Fsp3) is 0.467. The minimum Gasteiger partial charge on any atom is -0.338 e. The van der Waals surface area contributed by atoms with Crippen molar-refractivity contribution in [2.75, 3.05) is 6.54 Å². The number of piperidine rings is 1. The zero-order valence-electron chi connectivity index (χ0n) is 11.5. The first kappa shape index (κ1) is 13.8. The maximum atomic E-state index is 5.43. The Morgan fingerprint density at radius 2 is 2.25 bits per heavy atom. The van der Waals surface area contributed by atoms with Gasteiger partial charge in [-0.2, -0.15) is 4.98 Å². The van der Waals surface area contributed by atoms with E-state index in [-0.39, 0.29) is 6.04 Å². The van der Waals surface area contributed by atoms with Crippen LogP contribution in [0.2, 0.25) is 0 Å². The van der Waals surface area contributed by atoms with Gasteiger partial charge in [-0.15, -0.1) is 0 Å². The second kappa shape index (κ2) is 6.06. The molecule has 1 aliphatic heterocycles.